The van der Waals surface area contributed by atoms with Crippen LogP contribution in [0.15, 0.2) is 66.9 Å². The molecule has 2 aromatic heterocycles. The van der Waals surface area contributed by atoms with E-state index in [9.17, 15) is 5.26 Å². The molecule has 2 heterocycles. The number of methoxy groups -OCH3 is 1. The Morgan fingerprint density at radius 3 is 2.74 bits per heavy atom. The summed E-state index contributed by atoms with van der Waals surface area (Å²) in [6.07, 6.45) is 1.67. The molecule has 0 saturated carbocycles. The Morgan fingerprint density at radius 2 is 1.96 bits per heavy atom. The second kappa shape index (κ2) is 7.18. The number of benzene rings is 2. The van der Waals surface area contributed by atoms with Crippen LogP contribution in [-0.2, 0) is 6.54 Å². The first-order chi connectivity index (χ1) is 13.3. The zero-order valence-electron chi connectivity index (χ0n) is 14.8. The van der Waals surface area contributed by atoms with Gasteiger partial charge in [0.15, 0.2) is 5.65 Å². The van der Waals surface area contributed by atoms with Crippen LogP contribution in [0.2, 0.25) is 0 Å². The van der Waals surface area contributed by atoms with E-state index in [1.165, 1.54) is 0 Å². The maximum Gasteiger partial charge on any atom is 0.158 e. The largest absolute Gasteiger partial charge is 0.497 e. The fourth-order valence-corrected chi connectivity index (χ4v) is 2.97. The molecule has 0 aliphatic rings. The van der Waals surface area contributed by atoms with Crippen LogP contribution in [0.1, 0.15) is 11.1 Å². The summed E-state index contributed by atoms with van der Waals surface area (Å²) in [7, 11) is 1.62. The molecule has 0 unspecified atom stereocenters. The Labute approximate surface area is 156 Å². The molecular weight excluding hydrogens is 338 g/mol. The molecule has 0 bridgehead atoms. The molecule has 0 aliphatic heterocycles. The van der Waals surface area contributed by atoms with Crippen molar-refractivity contribution in [3.05, 3.63) is 78.0 Å². The first-order valence-corrected chi connectivity index (χ1v) is 8.50. The third-order valence-corrected chi connectivity index (χ3v) is 4.29. The van der Waals surface area contributed by atoms with E-state index in [-0.39, 0.29) is 0 Å². The average molecular weight is 355 g/mol. The smallest absolute Gasteiger partial charge is 0.158 e. The van der Waals surface area contributed by atoms with Gasteiger partial charge in [-0.15, -0.1) is 0 Å². The van der Waals surface area contributed by atoms with Gasteiger partial charge in [0.1, 0.15) is 23.2 Å². The van der Waals surface area contributed by atoms with Crippen LogP contribution in [0.3, 0.4) is 0 Å². The van der Waals surface area contributed by atoms with Crippen LogP contribution in [-0.4, -0.2) is 21.7 Å². The van der Waals surface area contributed by atoms with Crippen LogP contribution in [0.4, 0.5) is 5.82 Å². The molecule has 0 atom stereocenters. The summed E-state index contributed by atoms with van der Waals surface area (Å²) in [5.74, 6) is 1.33. The van der Waals surface area contributed by atoms with Crippen molar-refractivity contribution < 1.29 is 4.74 Å². The number of nitrogens with one attached hydrogen (secondary N) is 1. The predicted octanol–water partition coefficient (Wildman–Crippen LogP) is 3.89. The van der Waals surface area contributed by atoms with Gasteiger partial charge in [0.2, 0.25) is 0 Å². The number of nitriles is 1. The van der Waals surface area contributed by atoms with E-state index in [0.29, 0.717) is 35.0 Å². The van der Waals surface area contributed by atoms with E-state index in [1.807, 2.05) is 60.7 Å². The molecular formula is C21H17N5O. The van der Waals surface area contributed by atoms with Gasteiger partial charge in [0, 0.05) is 18.2 Å². The highest BCUT2D eigenvalue weighted by molar-refractivity contribution is 5.76. The van der Waals surface area contributed by atoms with Gasteiger partial charge in [0.25, 0.3) is 0 Å². The van der Waals surface area contributed by atoms with Crippen molar-refractivity contribution in [3.63, 3.8) is 0 Å². The molecule has 0 spiro atoms. The monoisotopic (exact) mass is 355 g/mol. The van der Waals surface area contributed by atoms with Crippen molar-refractivity contribution >= 4 is 11.5 Å². The van der Waals surface area contributed by atoms with Gasteiger partial charge in [-0.2, -0.15) is 14.9 Å². The standard InChI is InChI=1S/C21H17N5O/c1-27-17-9-5-8-16(12-17)20-18(13-22)21(26-19(25-20)10-11-24-26)23-14-15-6-3-2-4-7-15/h2-12,23H,14H2,1H3. The average Bonchev–Trinajstić information content (AvgIpc) is 3.20. The number of rotatable bonds is 5. The molecule has 6 heteroatoms. The van der Waals surface area contributed by atoms with Crippen LogP contribution >= 0.6 is 0 Å². The second-order valence-electron chi connectivity index (χ2n) is 5.97. The molecule has 27 heavy (non-hydrogen) atoms. The minimum absolute atomic E-state index is 0.440. The number of ether oxygens (including phenoxy) is 1. The summed E-state index contributed by atoms with van der Waals surface area (Å²) in [5.41, 5.74) is 3.64. The lowest BCUT2D eigenvalue weighted by Crippen LogP contribution is -2.10. The van der Waals surface area contributed by atoms with Gasteiger partial charge in [-0.25, -0.2) is 4.98 Å². The topological polar surface area (TPSA) is 75.2 Å². The van der Waals surface area contributed by atoms with E-state index in [2.05, 4.69) is 21.5 Å². The summed E-state index contributed by atoms with van der Waals surface area (Å²) in [5, 5.41) is 17.6. The molecule has 0 amide bonds. The molecule has 0 radical (unpaired) electrons. The highest BCUT2D eigenvalue weighted by atomic mass is 16.5. The van der Waals surface area contributed by atoms with Crippen molar-refractivity contribution in [1.29, 1.82) is 5.26 Å². The van der Waals surface area contributed by atoms with Crippen LogP contribution in [0.5, 0.6) is 5.75 Å². The van der Waals surface area contributed by atoms with Gasteiger partial charge in [0.05, 0.1) is 19.0 Å². The van der Waals surface area contributed by atoms with Crippen LogP contribution in [0, 0.1) is 11.3 Å². The molecule has 2 aromatic carbocycles. The SMILES string of the molecule is COc1cccc(-c2nc3ccnn3c(NCc3ccccc3)c2C#N)c1. The van der Waals surface area contributed by atoms with E-state index in [4.69, 9.17) is 4.74 Å². The molecule has 132 valence electrons. The summed E-state index contributed by atoms with van der Waals surface area (Å²) in [6, 6.07) is 21.7. The van der Waals surface area contributed by atoms with Crippen molar-refractivity contribution in [1.82, 2.24) is 14.6 Å². The van der Waals surface area contributed by atoms with Crippen molar-refractivity contribution in [2.45, 2.75) is 6.54 Å². The Bertz CT molecular complexity index is 1130. The van der Waals surface area contributed by atoms with Gasteiger partial charge in [-0.3, -0.25) is 0 Å². The third kappa shape index (κ3) is 3.18. The molecule has 0 saturated heterocycles. The van der Waals surface area contributed by atoms with Gasteiger partial charge in [-0.05, 0) is 17.7 Å². The van der Waals surface area contributed by atoms with Gasteiger partial charge in [-0.1, -0.05) is 42.5 Å². The van der Waals surface area contributed by atoms with E-state index in [1.54, 1.807) is 17.8 Å². The number of hydrogen-bond donors (Lipinski definition) is 1. The molecule has 0 fully saturated rings. The Hall–Kier alpha value is -3.85. The van der Waals surface area contributed by atoms with Crippen LogP contribution < -0.4 is 10.1 Å². The molecule has 4 rings (SSSR count). The number of nitrogens with zero attached hydrogens (tertiary/aromatic N) is 4. The summed E-state index contributed by atoms with van der Waals surface area (Å²) in [4.78, 5) is 4.65. The Balaban J connectivity index is 1.84. The van der Waals surface area contributed by atoms with Crippen molar-refractivity contribution in [2.75, 3.05) is 12.4 Å². The summed E-state index contributed by atoms with van der Waals surface area (Å²) in [6.45, 7) is 0.575. The Kier molecular flexibility index (Phi) is 4.42. The lowest BCUT2D eigenvalue weighted by molar-refractivity contribution is 0.415. The molecule has 0 aliphatic carbocycles. The van der Waals surface area contributed by atoms with Crippen LogP contribution in [0.25, 0.3) is 16.9 Å². The first kappa shape index (κ1) is 16.6. The zero-order valence-corrected chi connectivity index (χ0v) is 14.8. The third-order valence-electron chi connectivity index (χ3n) is 4.29. The normalized spacial score (nSPS) is 10.5. The highest BCUT2D eigenvalue weighted by Gasteiger charge is 2.17. The molecule has 6 nitrogen and oxygen atoms in total. The fourth-order valence-electron chi connectivity index (χ4n) is 2.97. The maximum absolute atomic E-state index is 9.88. The minimum atomic E-state index is 0.440. The van der Waals surface area contributed by atoms with E-state index < -0.39 is 0 Å². The summed E-state index contributed by atoms with van der Waals surface area (Å²) >= 11 is 0. The minimum Gasteiger partial charge on any atom is -0.497 e. The second-order valence-corrected chi connectivity index (χ2v) is 5.97. The maximum atomic E-state index is 9.88. The van der Waals surface area contributed by atoms with Crippen molar-refractivity contribution in [2.24, 2.45) is 0 Å². The summed E-state index contributed by atoms with van der Waals surface area (Å²) < 4.78 is 6.97. The quantitative estimate of drug-likeness (QED) is 0.588. The lowest BCUT2D eigenvalue weighted by Gasteiger charge is -2.14. The number of aromatic nitrogens is 3. The molecule has 4 aromatic rings. The highest BCUT2D eigenvalue weighted by Crippen LogP contribution is 2.30. The van der Waals surface area contributed by atoms with E-state index in [0.717, 1.165) is 11.1 Å². The first-order valence-electron chi connectivity index (χ1n) is 8.50. The fraction of sp³-hybridized carbons (Fsp3) is 0.0952. The number of fused-ring (bicyclic) bond motifs is 1. The zero-order chi connectivity index (χ0) is 18.6. The van der Waals surface area contributed by atoms with E-state index >= 15 is 0 Å². The van der Waals surface area contributed by atoms with Gasteiger partial charge < -0.3 is 10.1 Å². The number of anilines is 1. The predicted molar refractivity (Wildman–Crippen MR) is 103 cm³/mol. The van der Waals surface area contributed by atoms with Crippen molar-refractivity contribution in [3.8, 4) is 23.1 Å². The Morgan fingerprint density at radius 1 is 1.11 bits per heavy atom. The number of hydrogen-bond acceptors (Lipinski definition) is 5. The van der Waals surface area contributed by atoms with Gasteiger partial charge >= 0.3 is 0 Å². The lowest BCUT2D eigenvalue weighted by atomic mass is 10.1. The molecule has 1 N–H and O–H groups in total.